The molecule has 0 bridgehead atoms. The Hall–Kier alpha value is -2.24. The molecule has 2 N–H and O–H groups in total. The van der Waals surface area contributed by atoms with Crippen molar-refractivity contribution in [3.05, 3.63) is 23.8 Å². The van der Waals surface area contributed by atoms with E-state index in [4.69, 9.17) is 14.6 Å². The Balaban J connectivity index is 1.91. The largest absolute Gasteiger partial charge is 0.493 e. The van der Waals surface area contributed by atoms with E-state index >= 15 is 0 Å². The third kappa shape index (κ3) is 3.65. The molecule has 1 saturated carbocycles. The first-order valence-electron chi connectivity index (χ1n) is 6.87. The maximum atomic E-state index is 11.8. The quantitative estimate of drug-likeness (QED) is 0.794. The fourth-order valence-corrected chi connectivity index (χ4v) is 2.17. The van der Waals surface area contributed by atoms with Gasteiger partial charge in [-0.05, 0) is 31.0 Å². The summed E-state index contributed by atoms with van der Waals surface area (Å²) in [5.41, 5.74) is 0.871. The van der Waals surface area contributed by atoms with Gasteiger partial charge in [0.25, 0.3) is 0 Å². The van der Waals surface area contributed by atoms with Gasteiger partial charge < -0.3 is 19.9 Å². The first-order chi connectivity index (χ1) is 10.1. The zero-order chi connectivity index (χ0) is 15.4. The van der Waals surface area contributed by atoms with E-state index in [1.807, 2.05) is 13.0 Å². The van der Waals surface area contributed by atoms with Gasteiger partial charge >= 0.3 is 5.97 Å². The van der Waals surface area contributed by atoms with Crippen molar-refractivity contribution in [2.24, 2.45) is 11.8 Å². The van der Waals surface area contributed by atoms with Gasteiger partial charge in [0.15, 0.2) is 11.5 Å². The van der Waals surface area contributed by atoms with Gasteiger partial charge in [-0.3, -0.25) is 9.59 Å². The predicted octanol–water partition coefficient (Wildman–Crippen LogP) is 1.43. The highest BCUT2D eigenvalue weighted by Crippen LogP contribution is 2.38. The normalized spacial score (nSPS) is 19.7. The molecule has 0 unspecified atom stereocenters. The number of carbonyl (C=O) groups excluding carboxylic acids is 1. The van der Waals surface area contributed by atoms with Crippen LogP contribution in [0.1, 0.15) is 18.9 Å². The molecule has 1 aromatic carbocycles. The van der Waals surface area contributed by atoms with Gasteiger partial charge in [-0.25, -0.2) is 0 Å². The van der Waals surface area contributed by atoms with Crippen LogP contribution >= 0.6 is 0 Å². The fraction of sp³-hybridized carbons (Fsp3) is 0.467. The molecule has 1 aliphatic rings. The highest BCUT2D eigenvalue weighted by atomic mass is 16.5. The van der Waals surface area contributed by atoms with Crippen LogP contribution in [-0.4, -0.2) is 30.7 Å². The number of benzene rings is 1. The summed E-state index contributed by atoms with van der Waals surface area (Å²) in [6.07, 6.45) is 0.424. The SMILES string of the molecule is CCOc1ccc(CNC(=O)[C@H]2C[C@@H]2C(=O)O)cc1OC. The van der Waals surface area contributed by atoms with Crippen LogP contribution < -0.4 is 14.8 Å². The molecule has 0 radical (unpaired) electrons. The minimum absolute atomic E-state index is 0.213. The first kappa shape index (κ1) is 15.2. The van der Waals surface area contributed by atoms with Crippen LogP contribution in [-0.2, 0) is 16.1 Å². The number of amides is 1. The number of carboxylic acid groups (broad SMARTS) is 1. The van der Waals surface area contributed by atoms with Gasteiger partial charge in [0.05, 0.1) is 25.6 Å². The molecule has 1 aliphatic carbocycles. The topological polar surface area (TPSA) is 84.9 Å². The Bertz CT molecular complexity index is 543. The monoisotopic (exact) mass is 293 g/mol. The maximum absolute atomic E-state index is 11.8. The summed E-state index contributed by atoms with van der Waals surface area (Å²) >= 11 is 0. The van der Waals surface area contributed by atoms with Crippen LogP contribution in [0.2, 0.25) is 0 Å². The second kappa shape index (κ2) is 6.47. The summed E-state index contributed by atoms with van der Waals surface area (Å²) in [5.74, 6) is -0.776. The van der Waals surface area contributed by atoms with Crippen molar-refractivity contribution < 1.29 is 24.2 Å². The Labute approximate surface area is 123 Å². The zero-order valence-electron chi connectivity index (χ0n) is 12.1. The molecule has 1 amide bonds. The molecule has 21 heavy (non-hydrogen) atoms. The Morgan fingerprint density at radius 2 is 2.10 bits per heavy atom. The molecule has 0 aliphatic heterocycles. The minimum atomic E-state index is -0.905. The lowest BCUT2D eigenvalue weighted by Crippen LogP contribution is -2.25. The van der Waals surface area contributed by atoms with Crippen molar-refractivity contribution in [3.63, 3.8) is 0 Å². The third-order valence-corrected chi connectivity index (χ3v) is 3.44. The van der Waals surface area contributed by atoms with Gasteiger partial charge in [-0.2, -0.15) is 0 Å². The predicted molar refractivity (Wildman–Crippen MR) is 75.2 cm³/mol. The lowest BCUT2D eigenvalue weighted by atomic mass is 10.2. The number of carbonyl (C=O) groups is 2. The molecule has 0 spiro atoms. The lowest BCUT2D eigenvalue weighted by molar-refractivity contribution is -0.140. The first-order valence-corrected chi connectivity index (χ1v) is 6.87. The van der Waals surface area contributed by atoms with E-state index in [9.17, 15) is 9.59 Å². The average molecular weight is 293 g/mol. The van der Waals surface area contributed by atoms with Gasteiger partial charge in [-0.1, -0.05) is 6.07 Å². The van der Waals surface area contributed by atoms with Crippen LogP contribution in [0.4, 0.5) is 0 Å². The summed E-state index contributed by atoms with van der Waals surface area (Å²) in [7, 11) is 1.56. The Morgan fingerprint density at radius 1 is 1.33 bits per heavy atom. The molecular weight excluding hydrogens is 274 g/mol. The molecule has 2 atom stereocenters. The number of methoxy groups -OCH3 is 1. The summed E-state index contributed by atoms with van der Waals surface area (Å²) < 4.78 is 10.7. The molecule has 1 aromatic rings. The molecule has 6 nitrogen and oxygen atoms in total. The molecule has 0 heterocycles. The van der Waals surface area contributed by atoms with Gasteiger partial charge in [0.2, 0.25) is 5.91 Å². The van der Waals surface area contributed by atoms with Crippen LogP contribution in [0.5, 0.6) is 11.5 Å². The van der Waals surface area contributed by atoms with Crippen LogP contribution in [0, 0.1) is 11.8 Å². The molecule has 6 heteroatoms. The van der Waals surface area contributed by atoms with Crippen molar-refractivity contribution >= 4 is 11.9 Å². The number of aliphatic carboxylic acids is 1. The van der Waals surface area contributed by atoms with Crippen molar-refractivity contribution in [3.8, 4) is 11.5 Å². The van der Waals surface area contributed by atoms with E-state index in [2.05, 4.69) is 5.32 Å². The Kier molecular flexibility index (Phi) is 4.67. The van der Waals surface area contributed by atoms with E-state index < -0.39 is 17.8 Å². The third-order valence-electron chi connectivity index (χ3n) is 3.44. The van der Waals surface area contributed by atoms with Crippen molar-refractivity contribution in [1.29, 1.82) is 0 Å². The number of hydrogen-bond acceptors (Lipinski definition) is 4. The van der Waals surface area contributed by atoms with E-state index in [-0.39, 0.29) is 5.91 Å². The van der Waals surface area contributed by atoms with Gasteiger partial charge in [0, 0.05) is 6.54 Å². The zero-order valence-corrected chi connectivity index (χ0v) is 12.1. The van der Waals surface area contributed by atoms with Gasteiger partial charge in [0.1, 0.15) is 0 Å². The summed E-state index contributed by atoms with van der Waals surface area (Å²) in [5, 5.41) is 11.5. The minimum Gasteiger partial charge on any atom is -0.493 e. The van der Waals surface area contributed by atoms with Crippen molar-refractivity contribution in [1.82, 2.24) is 5.32 Å². The number of ether oxygens (including phenoxy) is 2. The smallest absolute Gasteiger partial charge is 0.307 e. The highest BCUT2D eigenvalue weighted by molar-refractivity contribution is 5.89. The standard InChI is InChI=1S/C15H19NO5/c1-3-21-12-5-4-9(6-13(12)20-2)8-16-14(17)10-7-11(10)15(18)19/h4-6,10-11H,3,7-8H2,1-2H3,(H,16,17)(H,18,19)/t10-,11-/m0/s1. The van der Waals surface area contributed by atoms with E-state index in [0.29, 0.717) is 31.1 Å². The number of carboxylic acids is 1. The van der Waals surface area contributed by atoms with Crippen LogP contribution in [0.15, 0.2) is 18.2 Å². The van der Waals surface area contributed by atoms with E-state index in [1.54, 1.807) is 19.2 Å². The molecule has 2 rings (SSSR count). The number of rotatable bonds is 7. The van der Waals surface area contributed by atoms with Crippen LogP contribution in [0.25, 0.3) is 0 Å². The average Bonchev–Trinajstić information content (AvgIpc) is 3.26. The maximum Gasteiger partial charge on any atom is 0.307 e. The van der Waals surface area contributed by atoms with Crippen molar-refractivity contribution in [2.75, 3.05) is 13.7 Å². The lowest BCUT2D eigenvalue weighted by Gasteiger charge is -2.11. The number of nitrogens with one attached hydrogen (secondary N) is 1. The van der Waals surface area contributed by atoms with Crippen LogP contribution in [0.3, 0.4) is 0 Å². The number of hydrogen-bond donors (Lipinski definition) is 2. The molecule has 0 aromatic heterocycles. The van der Waals surface area contributed by atoms with E-state index in [1.165, 1.54) is 0 Å². The fourth-order valence-electron chi connectivity index (χ4n) is 2.17. The second-order valence-electron chi connectivity index (χ2n) is 4.92. The summed E-state index contributed by atoms with van der Waals surface area (Å²) in [6.45, 7) is 2.78. The van der Waals surface area contributed by atoms with Crippen molar-refractivity contribution in [2.45, 2.75) is 19.9 Å². The molecule has 0 saturated heterocycles. The highest BCUT2D eigenvalue weighted by Gasteiger charge is 2.48. The second-order valence-corrected chi connectivity index (χ2v) is 4.92. The molecular formula is C15H19NO5. The summed E-state index contributed by atoms with van der Waals surface area (Å²) in [6, 6.07) is 5.43. The summed E-state index contributed by atoms with van der Waals surface area (Å²) in [4.78, 5) is 22.5. The Morgan fingerprint density at radius 3 is 2.67 bits per heavy atom. The van der Waals surface area contributed by atoms with E-state index in [0.717, 1.165) is 5.56 Å². The molecule has 114 valence electrons. The van der Waals surface area contributed by atoms with Gasteiger partial charge in [-0.15, -0.1) is 0 Å². The molecule has 1 fully saturated rings.